The molecule has 0 heterocycles. The fourth-order valence-corrected chi connectivity index (χ4v) is 1.35. The van der Waals surface area contributed by atoms with Gasteiger partial charge >= 0.3 is 0 Å². The van der Waals surface area contributed by atoms with Gasteiger partial charge < -0.3 is 11.1 Å². The van der Waals surface area contributed by atoms with E-state index in [1.807, 2.05) is 31.2 Å². The Morgan fingerprint density at radius 2 is 2.12 bits per heavy atom. The first-order chi connectivity index (χ1) is 7.79. The third-order valence-electron chi connectivity index (χ3n) is 1.89. The minimum atomic E-state index is 0.986. The summed E-state index contributed by atoms with van der Waals surface area (Å²) in [6, 6.07) is 5.99. The van der Waals surface area contributed by atoms with Crippen LogP contribution in [-0.2, 0) is 0 Å². The number of aryl methyl sites for hydroxylation is 1. The first-order valence-electron chi connectivity index (χ1n) is 4.79. The van der Waals surface area contributed by atoms with Crippen LogP contribution in [0.4, 0.5) is 5.69 Å². The fraction of sp³-hybridized carbons (Fsp3) is 0.167. The molecule has 3 N–H and O–H groups in total. The van der Waals surface area contributed by atoms with Gasteiger partial charge in [0.15, 0.2) is 0 Å². The molecule has 0 radical (unpaired) electrons. The topological polar surface area (TPSA) is 50.4 Å². The van der Waals surface area contributed by atoms with E-state index < -0.39 is 0 Å². The zero-order valence-corrected chi connectivity index (χ0v) is 10.4. The predicted molar refractivity (Wildman–Crippen MR) is 77.2 cm³/mol. The molecule has 0 spiro atoms. The summed E-state index contributed by atoms with van der Waals surface area (Å²) >= 11 is 4.75. The van der Waals surface area contributed by atoms with Gasteiger partial charge in [-0.3, -0.25) is 4.99 Å². The summed E-state index contributed by atoms with van der Waals surface area (Å²) < 4.78 is 0. The van der Waals surface area contributed by atoms with Crippen molar-refractivity contribution in [3.63, 3.8) is 0 Å². The van der Waals surface area contributed by atoms with E-state index >= 15 is 0 Å². The summed E-state index contributed by atoms with van der Waals surface area (Å²) in [4.78, 5) is 3.68. The standard InChI is InChI=1S/C11H12N2S.CH5N/c1-9-4-3-5-11(13-8-14)10(9)6-7-12-2;1-2/h3-8H,2H2,1H3,(H,13,14);2H2,1H3/b7-6-;. The van der Waals surface area contributed by atoms with E-state index in [-0.39, 0.29) is 0 Å². The number of aliphatic imine (C=N–C) groups is 1. The summed E-state index contributed by atoms with van der Waals surface area (Å²) in [5.74, 6) is 0. The van der Waals surface area contributed by atoms with E-state index in [9.17, 15) is 0 Å². The van der Waals surface area contributed by atoms with E-state index in [1.54, 1.807) is 6.20 Å². The second-order valence-corrected chi connectivity index (χ2v) is 3.03. The number of nitrogens with two attached hydrogens (primary N) is 1. The molecule has 4 heteroatoms. The first kappa shape index (κ1) is 14.5. The molecule has 0 atom stereocenters. The van der Waals surface area contributed by atoms with Gasteiger partial charge in [-0.1, -0.05) is 24.4 Å². The summed E-state index contributed by atoms with van der Waals surface area (Å²) in [7, 11) is 1.50. The van der Waals surface area contributed by atoms with Gasteiger partial charge in [0.2, 0.25) is 0 Å². The van der Waals surface area contributed by atoms with E-state index in [4.69, 9.17) is 12.2 Å². The number of nitrogens with one attached hydrogen (secondary N) is 1. The number of rotatable bonds is 4. The highest BCUT2D eigenvalue weighted by Crippen LogP contribution is 2.20. The maximum atomic E-state index is 4.75. The zero-order chi connectivity index (χ0) is 12.4. The Kier molecular flexibility index (Phi) is 7.93. The predicted octanol–water partition coefficient (Wildman–Crippen LogP) is 2.61. The molecule has 0 amide bonds. The smallest absolute Gasteiger partial charge is 0.0659 e. The summed E-state index contributed by atoms with van der Waals surface area (Å²) in [6.45, 7) is 5.43. The molecule has 0 aromatic heterocycles. The minimum absolute atomic E-state index is 0.986. The van der Waals surface area contributed by atoms with E-state index in [2.05, 4.69) is 22.8 Å². The maximum absolute atomic E-state index is 4.75. The Labute approximate surface area is 102 Å². The number of thiocarbonyl (C=S) groups is 1. The molecule has 0 fully saturated rings. The molecule has 16 heavy (non-hydrogen) atoms. The number of nitrogens with zero attached hydrogens (tertiary/aromatic N) is 1. The Morgan fingerprint density at radius 3 is 2.69 bits per heavy atom. The average molecular weight is 235 g/mol. The number of benzene rings is 1. The quantitative estimate of drug-likeness (QED) is 0.623. The Balaban J connectivity index is 0.00000106. The van der Waals surface area contributed by atoms with Crippen LogP contribution in [0.25, 0.3) is 6.08 Å². The largest absolute Gasteiger partial charge is 0.352 e. The number of hydrogen-bond donors (Lipinski definition) is 2. The highest BCUT2D eigenvalue weighted by atomic mass is 32.1. The first-order valence-corrected chi connectivity index (χ1v) is 5.26. The zero-order valence-electron chi connectivity index (χ0n) is 9.60. The normalized spacial score (nSPS) is 9.19. The maximum Gasteiger partial charge on any atom is 0.0659 e. The van der Waals surface area contributed by atoms with Crippen molar-refractivity contribution in [3.8, 4) is 0 Å². The van der Waals surface area contributed by atoms with Crippen molar-refractivity contribution in [3.05, 3.63) is 35.5 Å². The van der Waals surface area contributed by atoms with Gasteiger partial charge in [-0.2, -0.15) is 0 Å². The van der Waals surface area contributed by atoms with Crippen molar-refractivity contribution in [2.24, 2.45) is 10.7 Å². The fourth-order valence-electron chi connectivity index (χ4n) is 1.22. The van der Waals surface area contributed by atoms with Gasteiger partial charge in [0.05, 0.1) is 5.49 Å². The van der Waals surface area contributed by atoms with Crippen molar-refractivity contribution >= 4 is 36.2 Å². The average Bonchev–Trinajstić information content (AvgIpc) is 2.31. The number of anilines is 1. The molecule has 0 aliphatic rings. The van der Waals surface area contributed by atoms with E-state index in [0.717, 1.165) is 11.3 Å². The third-order valence-corrected chi connectivity index (χ3v) is 2.00. The second kappa shape index (κ2) is 8.76. The summed E-state index contributed by atoms with van der Waals surface area (Å²) in [5.41, 5.74) is 9.24. The van der Waals surface area contributed by atoms with Crippen LogP contribution in [0.2, 0.25) is 0 Å². The van der Waals surface area contributed by atoms with Crippen molar-refractivity contribution in [2.45, 2.75) is 6.92 Å². The molecule has 0 saturated heterocycles. The third kappa shape index (κ3) is 4.33. The lowest BCUT2D eigenvalue weighted by atomic mass is 10.1. The van der Waals surface area contributed by atoms with Gasteiger partial charge in [-0.05, 0) is 38.4 Å². The van der Waals surface area contributed by atoms with E-state index in [1.165, 1.54) is 18.1 Å². The summed E-state index contributed by atoms with van der Waals surface area (Å²) in [5, 5.41) is 3.00. The highest BCUT2D eigenvalue weighted by Gasteiger charge is 1.99. The molecule has 0 bridgehead atoms. The Hall–Kier alpha value is -1.52. The van der Waals surface area contributed by atoms with Crippen LogP contribution in [0, 0.1) is 6.92 Å². The second-order valence-electron chi connectivity index (χ2n) is 2.80. The van der Waals surface area contributed by atoms with E-state index in [0.29, 0.717) is 0 Å². The van der Waals surface area contributed by atoms with Gasteiger partial charge in [0.1, 0.15) is 0 Å². The molecule has 3 nitrogen and oxygen atoms in total. The van der Waals surface area contributed by atoms with Crippen molar-refractivity contribution in [2.75, 3.05) is 12.4 Å². The summed E-state index contributed by atoms with van der Waals surface area (Å²) in [6.07, 6.45) is 3.57. The molecule has 0 aliphatic heterocycles. The molecule has 1 rings (SSSR count). The van der Waals surface area contributed by atoms with Crippen molar-refractivity contribution < 1.29 is 0 Å². The van der Waals surface area contributed by atoms with Crippen LogP contribution in [-0.4, -0.2) is 19.3 Å². The van der Waals surface area contributed by atoms with Gasteiger partial charge in [0.25, 0.3) is 0 Å². The minimum Gasteiger partial charge on any atom is -0.352 e. The molecule has 0 saturated carbocycles. The highest BCUT2D eigenvalue weighted by molar-refractivity contribution is 7.79. The van der Waals surface area contributed by atoms with Crippen LogP contribution in [0.5, 0.6) is 0 Å². The van der Waals surface area contributed by atoms with Crippen LogP contribution in [0.3, 0.4) is 0 Å². The van der Waals surface area contributed by atoms with Crippen LogP contribution in [0.1, 0.15) is 11.1 Å². The SMILES string of the molecule is C=N/C=C\c1c(C)cccc1NC=S.CN. The lowest BCUT2D eigenvalue weighted by Crippen LogP contribution is -1.96. The van der Waals surface area contributed by atoms with Crippen LogP contribution in [0.15, 0.2) is 29.4 Å². The molecular weight excluding hydrogens is 218 g/mol. The lowest BCUT2D eigenvalue weighted by Gasteiger charge is -2.07. The van der Waals surface area contributed by atoms with Crippen LogP contribution >= 0.6 is 12.2 Å². The molecule has 0 aliphatic carbocycles. The lowest BCUT2D eigenvalue weighted by molar-refractivity contribution is 1.43. The van der Waals surface area contributed by atoms with Gasteiger partial charge in [-0.15, -0.1) is 0 Å². The molecule has 0 unspecified atom stereocenters. The molecule has 86 valence electrons. The monoisotopic (exact) mass is 235 g/mol. The molecular formula is C12H17N3S. The van der Waals surface area contributed by atoms with Gasteiger partial charge in [0, 0.05) is 17.5 Å². The Bertz CT molecular complexity index is 373. The molecule has 1 aromatic rings. The van der Waals surface area contributed by atoms with Crippen LogP contribution < -0.4 is 11.1 Å². The molecule has 1 aromatic carbocycles. The Morgan fingerprint density at radius 1 is 1.44 bits per heavy atom. The van der Waals surface area contributed by atoms with Crippen molar-refractivity contribution in [1.29, 1.82) is 0 Å². The number of hydrogen-bond acceptors (Lipinski definition) is 3. The van der Waals surface area contributed by atoms with Gasteiger partial charge in [-0.25, -0.2) is 0 Å². The van der Waals surface area contributed by atoms with Crippen molar-refractivity contribution in [1.82, 2.24) is 0 Å².